The van der Waals surface area contributed by atoms with E-state index >= 15 is 0 Å². The molecule has 0 radical (unpaired) electrons. The van der Waals surface area contributed by atoms with Crippen LogP contribution in [0.3, 0.4) is 0 Å². The molecule has 4 heterocycles. The molecule has 2 aliphatic heterocycles. The smallest absolute Gasteiger partial charge is 0.191 e. The average Bonchev–Trinajstić information content (AvgIpc) is 3.23. The zero-order valence-electron chi connectivity index (χ0n) is 12.9. The Morgan fingerprint density at radius 3 is 2.77 bits per heavy atom. The summed E-state index contributed by atoms with van der Waals surface area (Å²) in [5.41, 5.74) is 1.82. The fourth-order valence-corrected chi connectivity index (χ4v) is 3.65. The Morgan fingerprint density at radius 1 is 1.18 bits per heavy atom. The number of anilines is 1. The fourth-order valence-electron chi connectivity index (χ4n) is 3.29. The van der Waals surface area contributed by atoms with Crippen LogP contribution in [0.4, 0.5) is 5.82 Å². The first-order chi connectivity index (χ1) is 10.9. The zero-order chi connectivity index (χ0) is 14.9. The van der Waals surface area contributed by atoms with Crippen molar-refractivity contribution in [2.45, 2.75) is 43.5 Å². The van der Waals surface area contributed by atoms with Gasteiger partial charge in [-0.1, -0.05) is 11.8 Å². The van der Waals surface area contributed by atoms with Crippen LogP contribution < -0.4 is 4.90 Å². The van der Waals surface area contributed by atoms with Crippen molar-refractivity contribution in [3.8, 4) is 0 Å². The van der Waals surface area contributed by atoms with Crippen molar-refractivity contribution in [2.75, 3.05) is 30.9 Å². The maximum atomic E-state index is 5.81. The standard InChI is InChI=1S/C15H21N5OS/c1-22-15-17-13(19-7-3-2-4-8-19)12-14(18-15)20(10-16-12)11-6-5-9-21-11/h10-11H,2-9H2,1H3. The van der Waals surface area contributed by atoms with Crippen LogP contribution in [0.5, 0.6) is 0 Å². The molecule has 22 heavy (non-hydrogen) atoms. The number of hydrogen-bond donors (Lipinski definition) is 0. The number of piperidine rings is 1. The molecule has 0 aromatic carbocycles. The molecule has 0 saturated carbocycles. The molecule has 1 unspecified atom stereocenters. The molecule has 2 fully saturated rings. The van der Waals surface area contributed by atoms with Gasteiger partial charge in [0.15, 0.2) is 22.1 Å². The van der Waals surface area contributed by atoms with Gasteiger partial charge in [0.1, 0.15) is 6.23 Å². The van der Waals surface area contributed by atoms with Gasteiger partial charge in [-0.15, -0.1) is 0 Å². The van der Waals surface area contributed by atoms with E-state index in [2.05, 4.69) is 14.5 Å². The van der Waals surface area contributed by atoms with Crippen LogP contribution in [0.15, 0.2) is 11.5 Å². The lowest BCUT2D eigenvalue weighted by atomic mass is 10.1. The lowest BCUT2D eigenvalue weighted by Gasteiger charge is -2.28. The first-order valence-corrected chi connectivity index (χ1v) is 9.24. The Kier molecular flexibility index (Phi) is 3.92. The second-order valence-electron chi connectivity index (χ2n) is 5.87. The van der Waals surface area contributed by atoms with Crippen LogP contribution in [0.1, 0.15) is 38.3 Å². The molecule has 118 valence electrons. The largest absolute Gasteiger partial charge is 0.358 e. The molecule has 2 aliphatic rings. The summed E-state index contributed by atoms with van der Waals surface area (Å²) in [5.74, 6) is 0.991. The number of hydrogen-bond acceptors (Lipinski definition) is 6. The first kappa shape index (κ1) is 14.3. The van der Waals surface area contributed by atoms with Crippen LogP contribution in [-0.2, 0) is 4.74 Å². The predicted molar refractivity (Wildman–Crippen MR) is 87.4 cm³/mol. The van der Waals surface area contributed by atoms with Gasteiger partial charge < -0.3 is 9.64 Å². The van der Waals surface area contributed by atoms with Crippen molar-refractivity contribution in [1.82, 2.24) is 19.5 Å². The fraction of sp³-hybridized carbons (Fsp3) is 0.667. The highest BCUT2D eigenvalue weighted by Crippen LogP contribution is 2.31. The van der Waals surface area contributed by atoms with Crippen molar-refractivity contribution in [3.05, 3.63) is 6.33 Å². The number of nitrogens with zero attached hydrogens (tertiary/aromatic N) is 5. The Hall–Kier alpha value is -1.34. The molecule has 1 atom stereocenters. The minimum absolute atomic E-state index is 0.0730. The van der Waals surface area contributed by atoms with E-state index in [0.717, 1.165) is 54.7 Å². The quantitative estimate of drug-likeness (QED) is 0.640. The van der Waals surface area contributed by atoms with Crippen LogP contribution in [0.25, 0.3) is 11.2 Å². The van der Waals surface area contributed by atoms with Crippen LogP contribution in [0.2, 0.25) is 0 Å². The second-order valence-corrected chi connectivity index (χ2v) is 6.65. The van der Waals surface area contributed by atoms with E-state index in [4.69, 9.17) is 14.7 Å². The molecule has 4 rings (SSSR count). The van der Waals surface area contributed by atoms with Gasteiger partial charge in [-0.05, 0) is 38.4 Å². The van der Waals surface area contributed by atoms with Gasteiger partial charge in [0.2, 0.25) is 0 Å². The van der Waals surface area contributed by atoms with E-state index < -0.39 is 0 Å². The highest BCUT2D eigenvalue weighted by Gasteiger charge is 2.24. The number of rotatable bonds is 3. The molecule has 0 amide bonds. The molecule has 2 aromatic rings. The molecule has 7 heteroatoms. The summed E-state index contributed by atoms with van der Waals surface area (Å²) < 4.78 is 7.89. The van der Waals surface area contributed by atoms with Crippen molar-refractivity contribution >= 4 is 28.7 Å². The summed E-state index contributed by atoms with van der Waals surface area (Å²) in [7, 11) is 0. The van der Waals surface area contributed by atoms with Gasteiger partial charge in [-0.3, -0.25) is 4.57 Å². The highest BCUT2D eigenvalue weighted by molar-refractivity contribution is 7.98. The molecule has 2 saturated heterocycles. The van der Waals surface area contributed by atoms with E-state index in [1.807, 2.05) is 12.6 Å². The molecule has 0 bridgehead atoms. The van der Waals surface area contributed by atoms with Gasteiger partial charge in [-0.25, -0.2) is 15.0 Å². The lowest BCUT2D eigenvalue weighted by Crippen LogP contribution is -2.30. The second kappa shape index (κ2) is 6.04. The summed E-state index contributed by atoms with van der Waals surface area (Å²) in [6, 6.07) is 0. The first-order valence-electron chi connectivity index (χ1n) is 8.02. The van der Waals surface area contributed by atoms with Crippen molar-refractivity contribution in [1.29, 1.82) is 0 Å². The minimum Gasteiger partial charge on any atom is -0.358 e. The van der Waals surface area contributed by atoms with Gasteiger partial charge >= 0.3 is 0 Å². The van der Waals surface area contributed by atoms with E-state index in [9.17, 15) is 0 Å². The van der Waals surface area contributed by atoms with Crippen LogP contribution in [-0.4, -0.2) is 45.5 Å². The molecule has 0 aliphatic carbocycles. The molecular formula is C15H21N5OS. The third-order valence-corrected chi connectivity index (χ3v) is 4.98. The van der Waals surface area contributed by atoms with E-state index in [1.165, 1.54) is 19.3 Å². The molecule has 0 N–H and O–H groups in total. The van der Waals surface area contributed by atoms with Gasteiger partial charge in [-0.2, -0.15) is 0 Å². The van der Waals surface area contributed by atoms with E-state index in [-0.39, 0.29) is 6.23 Å². The summed E-state index contributed by atoms with van der Waals surface area (Å²) in [6.07, 6.45) is 9.86. The third-order valence-electron chi connectivity index (χ3n) is 4.44. The summed E-state index contributed by atoms with van der Waals surface area (Å²) in [4.78, 5) is 16.4. The Balaban J connectivity index is 1.81. The Bertz CT molecular complexity index is 661. The number of ether oxygens (including phenoxy) is 1. The molecule has 0 spiro atoms. The van der Waals surface area contributed by atoms with Crippen molar-refractivity contribution < 1.29 is 4.74 Å². The predicted octanol–water partition coefficient (Wildman–Crippen LogP) is 2.85. The number of aromatic nitrogens is 4. The topological polar surface area (TPSA) is 56.1 Å². The normalized spacial score (nSPS) is 22.6. The summed E-state index contributed by atoms with van der Waals surface area (Å²) in [6.45, 7) is 2.95. The Labute approximate surface area is 134 Å². The van der Waals surface area contributed by atoms with E-state index in [0.29, 0.717) is 0 Å². The summed E-state index contributed by atoms with van der Waals surface area (Å²) in [5, 5.41) is 0.813. The number of thioether (sulfide) groups is 1. The monoisotopic (exact) mass is 319 g/mol. The summed E-state index contributed by atoms with van der Waals surface area (Å²) >= 11 is 1.59. The maximum absolute atomic E-state index is 5.81. The van der Waals surface area contributed by atoms with Gasteiger partial charge in [0.05, 0.1) is 6.33 Å². The Morgan fingerprint density at radius 2 is 2.05 bits per heavy atom. The SMILES string of the molecule is CSc1nc(N2CCCCC2)c2ncn(C3CCCO3)c2n1. The third kappa shape index (κ3) is 2.46. The van der Waals surface area contributed by atoms with Gasteiger partial charge in [0.25, 0.3) is 0 Å². The molecular weight excluding hydrogens is 298 g/mol. The lowest BCUT2D eigenvalue weighted by molar-refractivity contribution is 0.0592. The number of fused-ring (bicyclic) bond motifs is 1. The van der Waals surface area contributed by atoms with Gasteiger partial charge in [0, 0.05) is 19.7 Å². The van der Waals surface area contributed by atoms with E-state index in [1.54, 1.807) is 11.8 Å². The maximum Gasteiger partial charge on any atom is 0.191 e. The molecule has 2 aromatic heterocycles. The van der Waals surface area contributed by atoms with Crippen LogP contribution >= 0.6 is 11.8 Å². The van der Waals surface area contributed by atoms with Crippen molar-refractivity contribution in [2.24, 2.45) is 0 Å². The highest BCUT2D eigenvalue weighted by atomic mass is 32.2. The molecule has 6 nitrogen and oxygen atoms in total. The minimum atomic E-state index is 0.0730. The van der Waals surface area contributed by atoms with Crippen molar-refractivity contribution in [3.63, 3.8) is 0 Å². The average molecular weight is 319 g/mol. The zero-order valence-corrected chi connectivity index (χ0v) is 13.7. The number of imidazole rings is 1. The van der Waals surface area contributed by atoms with Crippen LogP contribution in [0, 0.1) is 0 Å².